The van der Waals surface area contributed by atoms with Gasteiger partial charge in [0.2, 0.25) is 17.7 Å². The van der Waals surface area contributed by atoms with Gasteiger partial charge < -0.3 is 24.5 Å². The van der Waals surface area contributed by atoms with Gasteiger partial charge in [0.1, 0.15) is 11.8 Å². The smallest absolute Gasteiger partial charge is 0.247 e. The van der Waals surface area contributed by atoms with Crippen molar-refractivity contribution in [3.8, 4) is 5.75 Å². The molecule has 3 fully saturated rings. The monoisotopic (exact) mass is 611 g/mol. The molecule has 1 aromatic rings. The van der Waals surface area contributed by atoms with Crippen LogP contribution < -0.4 is 9.64 Å². The summed E-state index contributed by atoms with van der Waals surface area (Å²) in [4.78, 5) is 48.9. The van der Waals surface area contributed by atoms with E-state index in [1.165, 1.54) is 0 Å². The minimum Gasteiger partial charge on any atom is -0.494 e. The lowest BCUT2D eigenvalue weighted by molar-refractivity contribution is -0.142. The van der Waals surface area contributed by atoms with E-state index < -0.39 is 22.6 Å². The highest BCUT2D eigenvalue weighted by molar-refractivity contribution is 8.02. The van der Waals surface area contributed by atoms with Gasteiger partial charge in [-0.1, -0.05) is 32.4 Å². The van der Waals surface area contributed by atoms with Crippen LogP contribution in [-0.2, 0) is 14.4 Å². The molecule has 3 aliphatic heterocycles. The molecule has 9 heteroatoms. The van der Waals surface area contributed by atoms with E-state index >= 15 is 0 Å². The maximum Gasteiger partial charge on any atom is 0.247 e. The SMILES string of the molecule is C=CCN(CCCC)C(=O)C1N(CCCCCO)C(=O)[C@@H]2[C@@H](C(=O)N(CC=C)c3ccc(OCC)cc3)[C@H]3CC(C)C12S3. The molecule has 43 heavy (non-hydrogen) atoms. The lowest BCUT2D eigenvalue weighted by Gasteiger charge is -2.41. The zero-order valence-corrected chi connectivity index (χ0v) is 26.9. The highest BCUT2D eigenvalue weighted by atomic mass is 32.2. The van der Waals surface area contributed by atoms with E-state index in [2.05, 4.69) is 27.0 Å². The van der Waals surface area contributed by atoms with Gasteiger partial charge in [-0.05, 0) is 69.2 Å². The third kappa shape index (κ3) is 6.25. The quantitative estimate of drug-likeness (QED) is 0.199. The van der Waals surface area contributed by atoms with Gasteiger partial charge in [-0.15, -0.1) is 24.9 Å². The standard InChI is InChI=1S/C34H49N3O5S/c1-6-10-20-35(18-7-2)33(41)30-34-24(5)23-27(43-34)28(29(34)32(40)37(30)21-12-11-13-22-38)31(39)36(19-8-3)25-14-16-26(17-15-25)42-9-4/h7-8,14-17,24,27-30,38H,2-3,6,9-13,18-23H2,1,4-5H3/t24?,27-,28+,29+,30?,34?/m1/s1. The predicted molar refractivity (Wildman–Crippen MR) is 173 cm³/mol. The molecule has 236 valence electrons. The van der Waals surface area contributed by atoms with E-state index in [1.54, 1.807) is 33.7 Å². The van der Waals surface area contributed by atoms with Crippen molar-refractivity contribution in [2.45, 2.75) is 75.3 Å². The highest BCUT2D eigenvalue weighted by Gasteiger charge is 2.76. The van der Waals surface area contributed by atoms with Gasteiger partial charge in [-0.25, -0.2) is 0 Å². The van der Waals surface area contributed by atoms with Crippen LogP contribution in [-0.4, -0.2) is 88.1 Å². The van der Waals surface area contributed by atoms with Crippen LogP contribution in [0, 0.1) is 17.8 Å². The maximum atomic E-state index is 14.5. The molecule has 4 rings (SSSR count). The number of amides is 3. The van der Waals surface area contributed by atoms with Crippen LogP contribution in [0.25, 0.3) is 0 Å². The van der Waals surface area contributed by atoms with E-state index in [4.69, 9.17) is 4.74 Å². The normalized spacial score (nSPS) is 27.2. The van der Waals surface area contributed by atoms with Crippen molar-refractivity contribution < 1.29 is 24.2 Å². The molecular weight excluding hydrogens is 562 g/mol. The Hall–Kier alpha value is -2.78. The summed E-state index contributed by atoms with van der Waals surface area (Å²) in [7, 11) is 0. The fourth-order valence-corrected chi connectivity index (χ4v) is 9.79. The molecule has 3 saturated heterocycles. The first-order chi connectivity index (χ1) is 20.8. The number of likely N-dealkylation sites (tertiary alicyclic amines) is 1. The molecule has 0 saturated carbocycles. The summed E-state index contributed by atoms with van der Waals surface area (Å²) in [6, 6.07) is 6.84. The molecule has 2 bridgehead atoms. The van der Waals surface area contributed by atoms with Crippen molar-refractivity contribution in [2.24, 2.45) is 17.8 Å². The van der Waals surface area contributed by atoms with E-state index in [0.717, 1.165) is 37.1 Å². The number of aliphatic hydroxyl groups is 1. The Morgan fingerprint density at radius 2 is 1.81 bits per heavy atom. The van der Waals surface area contributed by atoms with Crippen molar-refractivity contribution in [2.75, 3.05) is 44.3 Å². The van der Waals surface area contributed by atoms with E-state index in [9.17, 15) is 19.5 Å². The second-order valence-electron chi connectivity index (χ2n) is 12.0. The fourth-order valence-electron chi connectivity index (χ4n) is 7.38. The Bertz CT molecular complexity index is 1160. The van der Waals surface area contributed by atoms with Gasteiger partial charge >= 0.3 is 0 Å². The molecule has 3 amide bonds. The number of hydrogen-bond acceptors (Lipinski definition) is 6. The fraction of sp³-hybridized carbons (Fsp3) is 0.618. The topological polar surface area (TPSA) is 90.4 Å². The summed E-state index contributed by atoms with van der Waals surface area (Å²) in [5.41, 5.74) is 0.735. The van der Waals surface area contributed by atoms with Crippen LogP contribution in [0.3, 0.4) is 0 Å². The number of aliphatic hydroxyl groups excluding tert-OH is 1. The Balaban J connectivity index is 1.72. The molecule has 0 aromatic heterocycles. The van der Waals surface area contributed by atoms with Crippen LogP contribution in [0.5, 0.6) is 5.75 Å². The largest absolute Gasteiger partial charge is 0.494 e. The molecule has 6 atom stereocenters. The molecule has 1 aromatic carbocycles. The van der Waals surface area contributed by atoms with Crippen molar-refractivity contribution in [3.63, 3.8) is 0 Å². The van der Waals surface area contributed by atoms with Gasteiger partial charge in [-0.2, -0.15) is 0 Å². The minimum atomic E-state index is -0.666. The summed E-state index contributed by atoms with van der Waals surface area (Å²) in [6.45, 7) is 16.4. The summed E-state index contributed by atoms with van der Waals surface area (Å²) < 4.78 is 4.94. The molecule has 3 unspecified atom stereocenters. The summed E-state index contributed by atoms with van der Waals surface area (Å²) in [6.07, 6.45) is 8.20. The highest BCUT2D eigenvalue weighted by Crippen LogP contribution is 2.69. The molecule has 3 heterocycles. The number of carbonyl (C=O) groups is 3. The summed E-state index contributed by atoms with van der Waals surface area (Å²) in [5, 5.41) is 9.29. The van der Waals surface area contributed by atoms with Gasteiger partial charge in [-0.3, -0.25) is 14.4 Å². The van der Waals surface area contributed by atoms with Crippen molar-refractivity contribution in [1.82, 2.24) is 9.80 Å². The number of hydrogen-bond donors (Lipinski definition) is 1. The molecule has 0 aliphatic carbocycles. The molecule has 3 aliphatic rings. The van der Waals surface area contributed by atoms with Crippen LogP contribution in [0.4, 0.5) is 5.69 Å². The molecule has 0 radical (unpaired) electrons. The van der Waals surface area contributed by atoms with Crippen LogP contribution in [0.2, 0.25) is 0 Å². The number of anilines is 1. The number of thioether (sulfide) groups is 1. The Morgan fingerprint density at radius 3 is 2.44 bits per heavy atom. The average molecular weight is 612 g/mol. The summed E-state index contributed by atoms with van der Waals surface area (Å²) in [5.74, 6) is -0.464. The molecular formula is C34H49N3O5S. The predicted octanol–water partition coefficient (Wildman–Crippen LogP) is 4.92. The third-order valence-corrected chi connectivity index (χ3v) is 11.4. The maximum absolute atomic E-state index is 14.5. The first-order valence-corrected chi connectivity index (χ1v) is 16.8. The molecule has 1 spiro atoms. The average Bonchev–Trinajstić information content (AvgIpc) is 3.59. The van der Waals surface area contributed by atoms with Crippen molar-refractivity contribution in [1.29, 1.82) is 0 Å². The van der Waals surface area contributed by atoms with Gasteiger partial charge in [0.05, 0.1) is 23.2 Å². The third-order valence-electron chi connectivity index (χ3n) is 9.30. The van der Waals surface area contributed by atoms with Crippen LogP contribution in [0.1, 0.15) is 59.3 Å². The lowest BCUT2D eigenvalue weighted by atomic mass is 9.65. The van der Waals surface area contributed by atoms with E-state index in [0.29, 0.717) is 45.6 Å². The lowest BCUT2D eigenvalue weighted by Crippen LogP contribution is -2.57. The van der Waals surface area contributed by atoms with Gasteiger partial charge in [0, 0.05) is 43.7 Å². The van der Waals surface area contributed by atoms with Crippen molar-refractivity contribution in [3.05, 3.63) is 49.6 Å². The Morgan fingerprint density at radius 1 is 1.09 bits per heavy atom. The van der Waals surface area contributed by atoms with Crippen LogP contribution >= 0.6 is 11.8 Å². The second-order valence-corrected chi connectivity index (χ2v) is 13.5. The van der Waals surface area contributed by atoms with E-state index in [-0.39, 0.29) is 35.5 Å². The zero-order valence-electron chi connectivity index (χ0n) is 26.1. The van der Waals surface area contributed by atoms with Crippen LogP contribution in [0.15, 0.2) is 49.6 Å². The summed E-state index contributed by atoms with van der Waals surface area (Å²) >= 11 is 1.71. The number of rotatable bonds is 17. The number of nitrogens with zero attached hydrogens (tertiary/aromatic N) is 3. The number of fused-ring (bicyclic) bond motifs is 1. The van der Waals surface area contributed by atoms with Gasteiger partial charge in [0.15, 0.2) is 0 Å². The molecule has 8 nitrogen and oxygen atoms in total. The number of carbonyl (C=O) groups excluding carboxylic acids is 3. The first kappa shape index (κ1) is 33.1. The first-order valence-electron chi connectivity index (χ1n) is 15.9. The number of benzene rings is 1. The zero-order chi connectivity index (χ0) is 31.1. The number of ether oxygens (including phenoxy) is 1. The number of unbranched alkanes of at least 4 members (excludes halogenated alkanes) is 3. The Kier molecular flexibility index (Phi) is 11.4. The van der Waals surface area contributed by atoms with Gasteiger partial charge in [0.25, 0.3) is 0 Å². The minimum absolute atomic E-state index is 0.0334. The molecule has 1 N–H and O–H groups in total. The Labute approximate surface area is 261 Å². The second kappa shape index (κ2) is 14.8. The van der Waals surface area contributed by atoms with E-state index in [1.807, 2.05) is 36.1 Å². The van der Waals surface area contributed by atoms with Crippen molar-refractivity contribution >= 4 is 35.2 Å².